The third kappa shape index (κ3) is 50.2. The molecule has 63 heavy (non-hydrogen) atoms. The van der Waals surface area contributed by atoms with E-state index in [1.165, 1.54) is 141 Å². The van der Waals surface area contributed by atoms with Gasteiger partial charge in [-0.2, -0.15) is 0 Å². The van der Waals surface area contributed by atoms with Crippen LogP contribution in [0.5, 0.6) is 0 Å². The van der Waals surface area contributed by atoms with Crippen LogP contribution in [0.2, 0.25) is 0 Å². The number of hydrogen-bond acceptors (Lipinski definition) is 6. The Morgan fingerprint density at radius 2 is 0.571 bits per heavy atom. The first-order chi connectivity index (χ1) is 31.0. The SMILES string of the molecule is CCCCCC=CCC=CCCCCCCCC(=O)OCC(COC(=O)CCCCCCCC=CCC=CCCCCC)OC(=O)CCCCCCCCCCCCCCCCC. The molecule has 0 aromatic carbocycles. The molecule has 366 valence electrons. The zero-order valence-corrected chi connectivity index (χ0v) is 41.8. The highest BCUT2D eigenvalue weighted by molar-refractivity contribution is 5.71. The largest absolute Gasteiger partial charge is 0.462 e. The zero-order valence-electron chi connectivity index (χ0n) is 41.8. The third-order valence-corrected chi connectivity index (χ3v) is 11.8. The summed E-state index contributed by atoms with van der Waals surface area (Å²) < 4.78 is 16.8. The van der Waals surface area contributed by atoms with Crippen LogP contribution >= 0.6 is 0 Å². The fourth-order valence-corrected chi connectivity index (χ4v) is 7.68. The second-order valence-corrected chi connectivity index (χ2v) is 18.1. The highest BCUT2D eigenvalue weighted by Gasteiger charge is 2.19. The van der Waals surface area contributed by atoms with Crippen LogP contribution in [0.3, 0.4) is 0 Å². The predicted octanol–water partition coefficient (Wildman–Crippen LogP) is 17.9. The van der Waals surface area contributed by atoms with E-state index in [1.807, 2.05) is 0 Å². The minimum atomic E-state index is -0.782. The number of unbranched alkanes of at least 4 members (excludes halogenated alkanes) is 30. The van der Waals surface area contributed by atoms with Crippen molar-refractivity contribution < 1.29 is 28.6 Å². The van der Waals surface area contributed by atoms with E-state index in [2.05, 4.69) is 69.4 Å². The third-order valence-electron chi connectivity index (χ3n) is 11.8. The minimum absolute atomic E-state index is 0.0827. The van der Waals surface area contributed by atoms with E-state index in [4.69, 9.17) is 14.2 Å². The van der Waals surface area contributed by atoms with Gasteiger partial charge in [0.25, 0.3) is 0 Å². The van der Waals surface area contributed by atoms with E-state index in [9.17, 15) is 14.4 Å². The average molecular weight is 883 g/mol. The van der Waals surface area contributed by atoms with Crippen LogP contribution in [0, 0.1) is 0 Å². The minimum Gasteiger partial charge on any atom is -0.462 e. The smallest absolute Gasteiger partial charge is 0.306 e. The summed E-state index contributed by atoms with van der Waals surface area (Å²) in [6.07, 6.45) is 62.3. The molecule has 0 unspecified atom stereocenters. The van der Waals surface area contributed by atoms with Crippen LogP contribution in [-0.4, -0.2) is 37.2 Å². The number of esters is 3. The van der Waals surface area contributed by atoms with Crippen LogP contribution in [0.1, 0.15) is 278 Å². The molecule has 0 aliphatic carbocycles. The molecule has 0 rings (SSSR count). The van der Waals surface area contributed by atoms with E-state index < -0.39 is 6.10 Å². The van der Waals surface area contributed by atoms with Crippen molar-refractivity contribution in [3.63, 3.8) is 0 Å². The summed E-state index contributed by atoms with van der Waals surface area (Å²) >= 11 is 0. The number of ether oxygens (including phenoxy) is 3. The first kappa shape index (κ1) is 60.4. The van der Waals surface area contributed by atoms with Gasteiger partial charge >= 0.3 is 17.9 Å². The molecule has 0 aromatic heterocycles. The molecule has 0 aromatic rings. The highest BCUT2D eigenvalue weighted by atomic mass is 16.6. The molecule has 0 bridgehead atoms. The summed E-state index contributed by atoms with van der Waals surface area (Å²) in [6, 6.07) is 0. The molecule has 0 fully saturated rings. The van der Waals surface area contributed by atoms with Gasteiger partial charge in [0.15, 0.2) is 6.10 Å². The molecule has 0 heterocycles. The summed E-state index contributed by atoms with van der Waals surface area (Å²) in [7, 11) is 0. The lowest BCUT2D eigenvalue weighted by Gasteiger charge is -2.18. The Morgan fingerprint density at radius 1 is 0.317 bits per heavy atom. The molecular formula is C57H102O6. The molecule has 0 amide bonds. The van der Waals surface area contributed by atoms with Crippen molar-refractivity contribution in [3.8, 4) is 0 Å². The molecule has 6 heteroatoms. The van der Waals surface area contributed by atoms with Crippen molar-refractivity contribution in [2.45, 2.75) is 284 Å². The van der Waals surface area contributed by atoms with Gasteiger partial charge in [-0.1, -0.05) is 223 Å². The van der Waals surface area contributed by atoms with E-state index >= 15 is 0 Å². The molecule has 0 aliphatic rings. The first-order valence-corrected chi connectivity index (χ1v) is 27.1. The Balaban J connectivity index is 4.40. The van der Waals surface area contributed by atoms with Gasteiger partial charge in [0.2, 0.25) is 0 Å². The van der Waals surface area contributed by atoms with Gasteiger partial charge in [0, 0.05) is 19.3 Å². The van der Waals surface area contributed by atoms with Gasteiger partial charge in [-0.05, 0) is 83.5 Å². The fourth-order valence-electron chi connectivity index (χ4n) is 7.68. The number of carbonyl (C=O) groups excluding carboxylic acids is 3. The molecule has 0 atom stereocenters. The molecule has 0 radical (unpaired) electrons. The lowest BCUT2D eigenvalue weighted by molar-refractivity contribution is -0.167. The second-order valence-electron chi connectivity index (χ2n) is 18.1. The van der Waals surface area contributed by atoms with E-state index in [1.54, 1.807) is 0 Å². The van der Waals surface area contributed by atoms with Crippen molar-refractivity contribution in [1.29, 1.82) is 0 Å². The van der Waals surface area contributed by atoms with E-state index in [0.29, 0.717) is 19.3 Å². The Kier molecular flexibility index (Phi) is 49.8. The Hall–Kier alpha value is -2.63. The molecule has 0 spiro atoms. The van der Waals surface area contributed by atoms with Gasteiger partial charge in [0.05, 0.1) is 0 Å². The van der Waals surface area contributed by atoms with Gasteiger partial charge in [0.1, 0.15) is 13.2 Å². The lowest BCUT2D eigenvalue weighted by Crippen LogP contribution is -2.30. The van der Waals surface area contributed by atoms with Crippen LogP contribution in [0.25, 0.3) is 0 Å². The maximum absolute atomic E-state index is 12.8. The lowest BCUT2D eigenvalue weighted by atomic mass is 10.0. The molecule has 0 saturated carbocycles. The molecular weight excluding hydrogens is 781 g/mol. The molecule has 0 N–H and O–H groups in total. The molecule has 6 nitrogen and oxygen atoms in total. The summed E-state index contributed by atoms with van der Waals surface area (Å²) in [5, 5.41) is 0. The molecule has 0 saturated heterocycles. The number of hydrogen-bond donors (Lipinski definition) is 0. The van der Waals surface area contributed by atoms with E-state index in [-0.39, 0.29) is 31.1 Å². The van der Waals surface area contributed by atoms with Gasteiger partial charge in [-0.3, -0.25) is 14.4 Å². The highest BCUT2D eigenvalue weighted by Crippen LogP contribution is 2.15. The number of rotatable bonds is 49. The maximum Gasteiger partial charge on any atom is 0.306 e. The topological polar surface area (TPSA) is 78.9 Å². The number of carbonyl (C=O) groups is 3. The molecule has 0 aliphatic heterocycles. The predicted molar refractivity (Wildman–Crippen MR) is 270 cm³/mol. The van der Waals surface area contributed by atoms with Gasteiger partial charge in [-0.15, -0.1) is 0 Å². The Bertz CT molecular complexity index is 1040. The van der Waals surface area contributed by atoms with Crippen molar-refractivity contribution in [2.24, 2.45) is 0 Å². The summed E-state index contributed by atoms with van der Waals surface area (Å²) in [5.74, 6) is -0.898. The van der Waals surface area contributed by atoms with Crippen LogP contribution in [-0.2, 0) is 28.6 Å². The Labute approximate surface area is 390 Å². The van der Waals surface area contributed by atoms with Crippen molar-refractivity contribution in [3.05, 3.63) is 48.6 Å². The van der Waals surface area contributed by atoms with Gasteiger partial charge in [-0.25, -0.2) is 0 Å². The standard InChI is InChI=1S/C57H102O6/c1-4-7-10-13-16-19-22-25-28-31-34-37-40-43-46-49-55(58)61-52-54(63-57(60)51-48-45-42-39-36-33-30-27-24-21-18-15-12-9-6-3)53-62-56(59)50-47-44-41-38-35-32-29-26-23-20-17-14-11-8-5-2/h16-17,19-20,25-26,28-29,54H,4-15,18,21-24,27,30-53H2,1-3H3. The summed E-state index contributed by atoms with van der Waals surface area (Å²) in [4.78, 5) is 38.0. The number of allylic oxidation sites excluding steroid dienone is 8. The van der Waals surface area contributed by atoms with Gasteiger partial charge < -0.3 is 14.2 Å². The summed E-state index contributed by atoms with van der Waals surface area (Å²) in [5.41, 5.74) is 0. The monoisotopic (exact) mass is 883 g/mol. The van der Waals surface area contributed by atoms with Crippen molar-refractivity contribution in [1.82, 2.24) is 0 Å². The van der Waals surface area contributed by atoms with E-state index in [0.717, 1.165) is 96.3 Å². The second kappa shape index (κ2) is 52.0. The zero-order chi connectivity index (χ0) is 45.8. The average Bonchev–Trinajstić information content (AvgIpc) is 3.28. The quantitative estimate of drug-likeness (QED) is 0.0262. The van der Waals surface area contributed by atoms with Crippen LogP contribution in [0.15, 0.2) is 48.6 Å². The normalized spacial score (nSPS) is 12.4. The maximum atomic E-state index is 12.8. The van der Waals surface area contributed by atoms with Crippen molar-refractivity contribution in [2.75, 3.05) is 13.2 Å². The van der Waals surface area contributed by atoms with Crippen LogP contribution < -0.4 is 0 Å². The van der Waals surface area contributed by atoms with Crippen LogP contribution in [0.4, 0.5) is 0 Å². The Morgan fingerprint density at radius 3 is 0.905 bits per heavy atom. The first-order valence-electron chi connectivity index (χ1n) is 27.1. The van der Waals surface area contributed by atoms with Crippen molar-refractivity contribution >= 4 is 17.9 Å². The fraction of sp³-hybridized carbons (Fsp3) is 0.807. The summed E-state index contributed by atoms with van der Waals surface area (Å²) in [6.45, 7) is 6.58.